The number of aliphatic hydroxyl groups excluding tert-OH is 1. The molecule has 2 rings (SSSR count). The molecule has 0 bridgehead atoms. The topological polar surface area (TPSA) is 47.9 Å². The van der Waals surface area contributed by atoms with Crippen LogP contribution >= 0.6 is 0 Å². The standard InChI is InChI=1S/C13H22FN3O/c14-12-9-11(3-1-2-8-18)10-16-13(12)17-6-4-15-5-7-17/h10,12,15,18H,1-9H2. The first kappa shape index (κ1) is 13.5. The largest absolute Gasteiger partial charge is 0.396 e. The van der Waals surface area contributed by atoms with Crippen molar-refractivity contribution in [1.29, 1.82) is 0 Å². The van der Waals surface area contributed by atoms with Gasteiger partial charge in [-0.25, -0.2) is 9.38 Å². The highest BCUT2D eigenvalue weighted by Gasteiger charge is 2.25. The molecule has 2 N–H and O–H groups in total. The lowest BCUT2D eigenvalue weighted by Crippen LogP contribution is -2.49. The Balaban J connectivity index is 1.91. The number of hydrogen-bond acceptors (Lipinski definition) is 4. The molecule has 2 aliphatic rings. The maximum atomic E-state index is 14.1. The predicted octanol–water partition coefficient (Wildman–Crippen LogP) is 1.08. The van der Waals surface area contributed by atoms with E-state index in [0.717, 1.165) is 51.0 Å². The van der Waals surface area contributed by atoms with Gasteiger partial charge in [-0.15, -0.1) is 0 Å². The van der Waals surface area contributed by atoms with E-state index < -0.39 is 6.17 Å². The molecular formula is C13H22FN3O. The molecule has 2 aliphatic heterocycles. The Labute approximate surface area is 108 Å². The first-order valence-corrected chi connectivity index (χ1v) is 6.77. The average molecular weight is 255 g/mol. The monoisotopic (exact) mass is 255 g/mol. The third-order valence-corrected chi connectivity index (χ3v) is 3.45. The fourth-order valence-electron chi connectivity index (χ4n) is 2.42. The summed E-state index contributed by atoms with van der Waals surface area (Å²) in [4.78, 5) is 6.35. The molecule has 0 aromatic rings. The fourth-order valence-corrected chi connectivity index (χ4v) is 2.42. The normalized spacial score (nSPS) is 24.8. The van der Waals surface area contributed by atoms with E-state index in [4.69, 9.17) is 5.11 Å². The summed E-state index contributed by atoms with van der Waals surface area (Å²) in [6, 6.07) is 0. The van der Waals surface area contributed by atoms with Crippen molar-refractivity contribution in [3.05, 3.63) is 11.8 Å². The van der Waals surface area contributed by atoms with Crippen LogP contribution in [0.1, 0.15) is 25.7 Å². The molecule has 1 atom stereocenters. The molecule has 0 radical (unpaired) electrons. The lowest BCUT2D eigenvalue weighted by atomic mass is 10.0. The number of amidine groups is 1. The number of aliphatic hydroxyl groups is 1. The van der Waals surface area contributed by atoms with E-state index >= 15 is 0 Å². The highest BCUT2D eigenvalue weighted by Crippen LogP contribution is 2.22. The Kier molecular flexibility index (Phi) is 5.13. The second kappa shape index (κ2) is 6.85. The maximum absolute atomic E-state index is 14.1. The van der Waals surface area contributed by atoms with Gasteiger partial charge in [-0.05, 0) is 24.8 Å². The molecule has 0 aliphatic carbocycles. The molecule has 1 unspecified atom stereocenters. The van der Waals surface area contributed by atoms with E-state index in [0.29, 0.717) is 12.3 Å². The number of piperazine rings is 1. The van der Waals surface area contributed by atoms with Gasteiger partial charge >= 0.3 is 0 Å². The van der Waals surface area contributed by atoms with Crippen LogP contribution in [0.4, 0.5) is 4.39 Å². The van der Waals surface area contributed by atoms with Crippen molar-refractivity contribution in [1.82, 2.24) is 10.2 Å². The lowest BCUT2D eigenvalue weighted by molar-refractivity contribution is 0.283. The predicted molar refractivity (Wildman–Crippen MR) is 70.4 cm³/mol. The van der Waals surface area contributed by atoms with E-state index in [1.807, 2.05) is 11.1 Å². The van der Waals surface area contributed by atoms with Crippen LogP contribution in [0.25, 0.3) is 0 Å². The summed E-state index contributed by atoms with van der Waals surface area (Å²) in [5.74, 6) is 0.599. The first-order valence-electron chi connectivity index (χ1n) is 6.77. The molecule has 1 fully saturated rings. The van der Waals surface area contributed by atoms with Crippen LogP contribution in [0.15, 0.2) is 16.8 Å². The molecule has 5 heteroatoms. The fraction of sp³-hybridized carbons (Fsp3) is 0.769. The number of rotatable bonds is 4. The summed E-state index contributed by atoms with van der Waals surface area (Å²) in [5.41, 5.74) is 1.06. The van der Waals surface area contributed by atoms with Gasteiger partial charge in [-0.1, -0.05) is 0 Å². The molecule has 102 valence electrons. The zero-order valence-corrected chi connectivity index (χ0v) is 10.7. The molecule has 0 amide bonds. The smallest absolute Gasteiger partial charge is 0.161 e. The number of halogens is 1. The quantitative estimate of drug-likeness (QED) is 0.739. The van der Waals surface area contributed by atoms with Crippen LogP contribution in [0.5, 0.6) is 0 Å². The van der Waals surface area contributed by atoms with E-state index in [-0.39, 0.29) is 6.61 Å². The van der Waals surface area contributed by atoms with Crippen molar-refractivity contribution in [3.63, 3.8) is 0 Å². The highest BCUT2D eigenvalue weighted by molar-refractivity contribution is 5.88. The zero-order valence-electron chi connectivity index (χ0n) is 10.7. The van der Waals surface area contributed by atoms with Gasteiger partial charge in [-0.2, -0.15) is 0 Å². The minimum Gasteiger partial charge on any atom is -0.396 e. The van der Waals surface area contributed by atoms with Crippen molar-refractivity contribution in [2.75, 3.05) is 32.8 Å². The van der Waals surface area contributed by atoms with Crippen molar-refractivity contribution >= 4 is 5.84 Å². The summed E-state index contributed by atoms with van der Waals surface area (Å²) in [7, 11) is 0. The van der Waals surface area contributed by atoms with Gasteiger partial charge in [0, 0.05) is 45.4 Å². The molecule has 0 spiro atoms. The molecule has 1 saturated heterocycles. The number of unbranched alkanes of at least 4 members (excludes halogenated alkanes) is 1. The minimum atomic E-state index is -0.961. The minimum absolute atomic E-state index is 0.210. The summed E-state index contributed by atoms with van der Waals surface area (Å²) >= 11 is 0. The summed E-state index contributed by atoms with van der Waals surface area (Å²) in [6.07, 6.45) is 3.87. The van der Waals surface area contributed by atoms with E-state index in [1.54, 1.807) is 0 Å². The number of allylic oxidation sites excluding steroid dienone is 1. The molecule has 0 saturated carbocycles. The van der Waals surface area contributed by atoms with Crippen LogP contribution in [0.3, 0.4) is 0 Å². The van der Waals surface area contributed by atoms with Gasteiger partial charge in [-0.3, -0.25) is 0 Å². The van der Waals surface area contributed by atoms with Crippen LogP contribution in [-0.4, -0.2) is 54.8 Å². The van der Waals surface area contributed by atoms with Crippen molar-refractivity contribution in [2.45, 2.75) is 31.9 Å². The van der Waals surface area contributed by atoms with Crippen molar-refractivity contribution in [2.24, 2.45) is 4.99 Å². The van der Waals surface area contributed by atoms with Gasteiger partial charge in [0.25, 0.3) is 0 Å². The number of nitrogens with zero attached hydrogens (tertiary/aromatic N) is 2. The highest BCUT2D eigenvalue weighted by atomic mass is 19.1. The average Bonchev–Trinajstić information content (AvgIpc) is 2.40. The zero-order chi connectivity index (χ0) is 12.8. The van der Waals surface area contributed by atoms with Crippen molar-refractivity contribution < 1.29 is 9.50 Å². The van der Waals surface area contributed by atoms with Gasteiger partial charge in [0.15, 0.2) is 6.17 Å². The Morgan fingerprint density at radius 1 is 1.39 bits per heavy atom. The van der Waals surface area contributed by atoms with Crippen LogP contribution in [0, 0.1) is 0 Å². The van der Waals surface area contributed by atoms with E-state index in [9.17, 15) is 4.39 Å². The Morgan fingerprint density at radius 2 is 2.17 bits per heavy atom. The van der Waals surface area contributed by atoms with Gasteiger partial charge in [0.2, 0.25) is 0 Å². The third-order valence-electron chi connectivity index (χ3n) is 3.45. The molecule has 18 heavy (non-hydrogen) atoms. The SMILES string of the molecule is OCCCCC1=CN=C(N2CCNCC2)C(F)C1. The van der Waals surface area contributed by atoms with Crippen LogP contribution < -0.4 is 5.32 Å². The van der Waals surface area contributed by atoms with Crippen LogP contribution in [-0.2, 0) is 0 Å². The molecule has 0 aromatic heterocycles. The molecule has 2 heterocycles. The van der Waals surface area contributed by atoms with Gasteiger partial charge in [0.1, 0.15) is 5.84 Å². The molecule has 4 nitrogen and oxygen atoms in total. The Hall–Kier alpha value is -0.940. The molecule has 0 aromatic carbocycles. The third kappa shape index (κ3) is 3.53. The number of hydrogen-bond donors (Lipinski definition) is 2. The summed E-state index contributed by atoms with van der Waals surface area (Å²) < 4.78 is 14.1. The lowest BCUT2D eigenvalue weighted by Gasteiger charge is -2.33. The second-order valence-electron chi connectivity index (χ2n) is 4.86. The number of alkyl halides is 1. The summed E-state index contributed by atoms with van der Waals surface area (Å²) in [5, 5.41) is 12.0. The van der Waals surface area contributed by atoms with E-state index in [1.165, 1.54) is 0 Å². The van der Waals surface area contributed by atoms with E-state index in [2.05, 4.69) is 10.3 Å². The van der Waals surface area contributed by atoms with Crippen LogP contribution in [0.2, 0.25) is 0 Å². The van der Waals surface area contributed by atoms with Gasteiger partial charge in [0.05, 0.1) is 0 Å². The Bertz CT molecular complexity index is 324. The molecular weight excluding hydrogens is 233 g/mol. The summed E-state index contributed by atoms with van der Waals surface area (Å²) in [6.45, 7) is 3.69. The van der Waals surface area contributed by atoms with Gasteiger partial charge < -0.3 is 15.3 Å². The first-order chi connectivity index (χ1) is 8.81. The second-order valence-corrected chi connectivity index (χ2v) is 4.86. The maximum Gasteiger partial charge on any atom is 0.161 e. The van der Waals surface area contributed by atoms with Crippen molar-refractivity contribution in [3.8, 4) is 0 Å². The number of nitrogens with one attached hydrogen (secondary N) is 1. The number of aliphatic imine (C=N–C) groups is 1. The Morgan fingerprint density at radius 3 is 2.83 bits per heavy atom.